The number of aromatic amines is 1. The zero-order valence-electron chi connectivity index (χ0n) is 16.5. The van der Waals surface area contributed by atoms with Crippen molar-refractivity contribution in [3.05, 3.63) is 70.2 Å². The first-order chi connectivity index (χ1) is 14.2. The molecule has 2 aromatic carbocycles. The van der Waals surface area contributed by atoms with Crippen LogP contribution >= 0.6 is 15.9 Å². The van der Waals surface area contributed by atoms with Gasteiger partial charge in [-0.25, -0.2) is 5.10 Å². The minimum Gasteiger partial charge on any atom is -0.366 e. The number of rotatable bonds is 7. The quantitative estimate of drug-likeness (QED) is 0.571. The first-order valence-corrected chi connectivity index (χ1v) is 10.9. The SMILES string of the molecule is Nc1n[nH]c(N2CCN(C(CCc3ccc(Br)cc3)Cc3ccccc3)CC2)n1. The zero-order valence-corrected chi connectivity index (χ0v) is 18.1. The molecule has 1 fully saturated rings. The van der Waals surface area contributed by atoms with Crippen LogP contribution in [0.1, 0.15) is 17.5 Å². The molecule has 0 bridgehead atoms. The summed E-state index contributed by atoms with van der Waals surface area (Å²) in [5.74, 6) is 1.08. The number of halogens is 1. The van der Waals surface area contributed by atoms with Crippen LogP contribution in [0.5, 0.6) is 0 Å². The van der Waals surface area contributed by atoms with E-state index in [-0.39, 0.29) is 0 Å². The van der Waals surface area contributed by atoms with E-state index in [2.05, 4.69) is 95.5 Å². The molecule has 6 nitrogen and oxygen atoms in total. The Labute approximate surface area is 180 Å². The van der Waals surface area contributed by atoms with E-state index in [1.807, 2.05) is 0 Å². The van der Waals surface area contributed by atoms with E-state index in [9.17, 15) is 0 Å². The third-order valence-electron chi connectivity index (χ3n) is 5.61. The topological polar surface area (TPSA) is 74.1 Å². The average molecular weight is 455 g/mol. The van der Waals surface area contributed by atoms with E-state index < -0.39 is 0 Å². The molecule has 2 heterocycles. The Morgan fingerprint density at radius 3 is 2.34 bits per heavy atom. The molecule has 4 rings (SSSR count). The van der Waals surface area contributed by atoms with Crippen LogP contribution in [0.2, 0.25) is 0 Å². The van der Waals surface area contributed by atoms with Gasteiger partial charge in [0.05, 0.1) is 0 Å². The molecule has 3 N–H and O–H groups in total. The number of aromatic nitrogens is 3. The van der Waals surface area contributed by atoms with Crippen LogP contribution in [0.4, 0.5) is 11.9 Å². The predicted molar refractivity (Wildman–Crippen MR) is 121 cm³/mol. The highest BCUT2D eigenvalue weighted by Gasteiger charge is 2.25. The van der Waals surface area contributed by atoms with Crippen molar-refractivity contribution in [3.63, 3.8) is 0 Å². The van der Waals surface area contributed by atoms with Crippen LogP contribution in [0, 0.1) is 0 Å². The molecule has 1 saturated heterocycles. The molecular formula is C22H27BrN6. The summed E-state index contributed by atoms with van der Waals surface area (Å²) in [5.41, 5.74) is 8.45. The molecule has 0 radical (unpaired) electrons. The zero-order chi connectivity index (χ0) is 20.1. The minimum atomic E-state index is 0.305. The van der Waals surface area contributed by atoms with Gasteiger partial charge in [0.25, 0.3) is 0 Å². The van der Waals surface area contributed by atoms with E-state index in [1.54, 1.807) is 0 Å². The van der Waals surface area contributed by atoms with Crippen molar-refractivity contribution in [2.75, 3.05) is 36.8 Å². The number of benzene rings is 2. The number of nitrogen functional groups attached to an aromatic ring is 1. The first-order valence-electron chi connectivity index (χ1n) is 10.1. The fourth-order valence-electron chi connectivity index (χ4n) is 3.99. The molecule has 1 aliphatic rings. The van der Waals surface area contributed by atoms with Crippen LogP contribution in [-0.4, -0.2) is 52.3 Å². The average Bonchev–Trinajstić information content (AvgIpc) is 3.19. The largest absolute Gasteiger partial charge is 0.366 e. The third-order valence-corrected chi connectivity index (χ3v) is 6.14. The highest BCUT2D eigenvalue weighted by molar-refractivity contribution is 9.10. The number of anilines is 2. The summed E-state index contributed by atoms with van der Waals surface area (Å²) in [6.07, 6.45) is 3.31. The molecule has 0 spiro atoms. The normalized spacial score (nSPS) is 16.1. The second-order valence-corrected chi connectivity index (χ2v) is 8.46. The summed E-state index contributed by atoms with van der Waals surface area (Å²) in [6, 6.07) is 20.0. The van der Waals surface area contributed by atoms with E-state index in [0.717, 1.165) is 55.9 Å². The Kier molecular flexibility index (Phi) is 6.46. The molecule has 1 atom stereocenters. The number of nitrogens with two attached hydrogens (primary N) is 1. The molecule has 3 aromatic rings. The van der Waals surface area contributed by atoms with Gasteiger partial charge in [-0.05, 0) is 42.5 Å². The summed E-state index contributed by atoms with van der Waals surface area (Å²) in [6.45, 7) is 3.88. The fourth-order valence-corrected chi connectivity index (χ4v) is 4.25. The molecule has 29 heavy (non-hydrogen) atoms. The number of nitrogens with zero attached hydrogens (tertiary/aromatic N) is 4. The summed E-state index contributed by atoms with van der Waals surface area (Å²) in [4.78, 5) is 9.13. The van der Waals surface area contributed by atoms with Crippen molar-refractivity contribution >= 4 is 27.8 Å². The van der Waals surface area contributed by atoms with Gasteiger partial charge in [-0.2, -0.15) is 4.98 Å². The van der Waals surface area contributed by atoms with Gasteiger partial charge in [-0.3, -0.25) is 4.90 Å². The number of piperazine rings is 1. The maximum Gasteiger partial charge on any atom is 0.241 e. The monoisotopic (exact) mass is 454 g/mol. The van der Waals surface area contributed by atoms with Gasteiger partial charge in [-0.15, -0.1) is 5.10 Å². The van der Waals surface area contributed by atoms with Crippen LogP contribution in [0.15, 0.2) is 59.1 Å². The Morgan fingerprint density at radius 1 is 0.966 bits per heavy atom. The molecule has 1 aromatic heterocycles. The fraction of sp³-hybridized carbons (Fsp3) is 0.364. The molecule has 0 aliphatic carbocycles. The highest BCUT2D eigenvalue weighted by Crippen LogP contribution is 2.20. The van der Waals surface area contributed by atoms with Gasteiger partial charge in [0, 0.05) is 36.7 Å². The summed E-state index contributed by atoms with van der Waals surface area (Å²) in [5, 5.41) is 6.88. The van der Waals surface area contributed by atoms with E-state index in [1.165, 1.54) is 11.1 Å². The Balaban J connectivity index is 1.41. The van der Waals surface area contributed by atoms with Crippen molar-refractivity contribution in [2.24, 2.45) is 0 Å². The van der Waals surface area contributed by atoms with Crippen molar-refractivity contribution in [2.45, 2.75) is 25.3 Å². The third kappa shape index (κ3) is 5.36. The van der Waals surface area contributed by atoms with Crippen LogP contribution in [-0.2, 0) is 12.8 Å². The van der Waals surface area contributed by atoms with Gasteiger partial charge in [-0.1, -0.05) is 58.4 Å². The molecule has 1 unspecified atom stereocenters. The first kappa shape index (κ1) is 19.9. The standard InChI is InChI=1S/C22H27BrN6/c23-19-9-6-17(7-10-19)8-11-20(16-18-4-2-1-3-5-18)28-12-14-29(15-13-28)22-25-21(24)26-27-22/h1-7,9-10,20H,8,11-16H2,(H3,24,25,26,27). The molecule has 0 saturated carbocycles. The van der Waals surface area contributed by atoms with Crippen LogP contribution in [0.25, 0.3) is 0 Å². The second kappa shape index (κ2) is 9.41. The molecular weight excluding hydrogens is 428 g/mol. The molecule has 7 heteroatoms. The Bertz CT molecular complexity index is 887. The van der Waals surface area contributed by atoms with Crippen molar-refractivity contribution < 1.29 is 0 Å². The summed E-state index contributed by atoms with van der Waals surface area (Å²) >= 11 is 3.53. The number of hydrogen-bond donors (Lipinski definition) is 2. The Morgan fingerprint density at radius 2 is 1.69 bits per heavy atom. The van der Waals surface area contributed by atoms with E-state index >= 15 is 0 Å². The van der Waals surface area contributed by atoms with Crippen molar-refractivity contribution in [3.8, 4) is 0 Å². The number of H-pyrrole nitrogens is 1. The Hall–Kier alpha value is -2.38. The van der Waals surface area contributed by atoms with Crippen molar-refractivity contribution in [1.29, 1.82) is 0 Å². The lowest BCUT2D eigenvalue weighted by molar-refractivity contribution is 0.174. The van der Waals surface area contributed by atoms with Gasteiger partial charge >= 0.3 is 0 Å². The number of nitrogens with one attached hydrogen (secondary N) is 1. The predicted octanol–water partition coefficient (Wildman–Crippen LogP) is 3.52. The lowest BCUT2D eigenvalue weighted by Gasteiger charge is -2.39. The smallest absolute Gasteiger partial charge is 0.241 e. The van der Waals surface area contributed by atoms with Crippen LogP contribution in [0.3, 0.4) is 0 Å². The van der Waals surface area contributed by atoms with Gasteiger partial charge < -0.3 is 10.6 Å². The molecule has 0 amide bonds. The maximum atomic E-state index is 5.66. The number of aryl methyl sites for hydroxylation is 1. The summed E-state index contributed by atoms with van der Waals surface area (Å²) < 4.78 is 1.13. The van der Waals surface area contributed by atoms with E-state index in [0.29, 0.717) is 12.0 Å². The van der Waals surface area contributed by atoms with Gasteiger partial charge in [0.15, 0.2) is 0 Å². The maximum absolute atomic E-state index is 5.66. The van der Waals surface area contributed by atoms with Gasteiger partial charge in [0.1, 0.15) is 0 Å². The number of hydrogen-bond acceptors (Lipinski definition) is 5. The second-order valence-electron chi connectivity index (χ2n) is 7.55. The minimum absolute atomic E-state index is 0.305. The van der Waals surface area contributed by atoms with Gasteiger partial charge in [0.2, 0.25) is 11.9 Å². The highest BCUT2D eigenvalue weighted by atomic mass is 79.9. The molecule has 1 aliphatic heterocycles. The van der Waals surface area contributed by atoms with Crippen LogP contribution < -0.4 is 10.6 Å². The van der Waals surface area contributed by atoms with Crippen molar-refractivity contribution in [1.82, 2.24) is 20.1 Å². The lowest BCUT2D eigenvalue weighted by Crippen LogP contribution is -2.51. The van der Waals surface area contributed by atoms with E-state index in [4.69, 9.17) is 5.73 Å². The lowest BCUT2D eigenvalue weighted by atomic mass is 9.97. The molecule has 152 valence electrons. The summed E-state index contributed by atoms with van der Waals surface area (Å²) in [7, 11) is 0.